The minimum atomic E-state index is -0.221. The Morgan fingerprint density at radius 3 is 2.22 bits per heavy atom. The number of hydrogen-bond acceptors (Lipinski definition) is 4. The van der Waals surface area contributed by atoms with Crippen LogP contribution in [-0.4, -0.2) is 48.0 Å². The number of carbonyl (C=O) groups excluding carboxylic acids is 2. The van der Waals surface area contributed by atoms with Crippen molar-refractivity contribution in [3.63, 3.8) is 0 Å². The van der Waals surface area contributed by atoms with Crippen molar-refractivity contribution < 1.29 is 14.3 Å². The lowest BCUT2D eigenvalue weighted by molar-refractivity contribution is -0.140. The van der Waals surface area contributed by atoms with Gasteiger partial charge in [-0.1, -0.05) is 20.8 Å². The van der Waals surface area contributed by atoms with Crippen LogP contribution in [0.3, 0.4) is 0 Å². The number of hydrogen-bond donors (Lipinski definition) is 0. The summed E-state index contributed by atoms with van der Waals surface area (Å²) in [6, 6.07) is 0. The number of nitrogens with zero attached hydrogens (tertiary/aromatic N) is 1. The first-order chi connectivity index (χ1) is 8.54. The number of ether oxygens (including phenoxy) is 1. The molecule has 0 aromatic rings. The van der Waals surface area contributed by atoms with E-state index in [0.717, 1.165) is 25.9 Å². The third-order valence-corrected chi connectivity index (χ3v) is 3.66. The van der Waals surface area contributed by atoms with Gasteiger partial charge >= 0.3 is 5.97 Å². The molecule has 0 aliphatic heterocycles. The molecular weight excluding hydrogens is 250 g/mol. The summed E-state index contributed by atoms with van der Waals surface area (Å²) in [5.41, 5.74) is 0. The molecule has 0 heterocycles. The van der Waals surface area contributed by atoms with Crippen LogP contribution in [0.2, 0.25) is 0 Å². The fourth-order valence-electron chi connectivity index (χ4n) is 1.58. The van der Waals surface area contributed by atoms with Gasteiger partial charge in [0.1, 0.15) is 0 Å². The maximum atomic E-state index is 12.0. The van der Waals surface area contributed by atoms with Crippen molar-refractivity contribution in [2.75, 3.05) is 26.0 Å². The van der Waals surface area contributed by atoms with E-state index in [1.807, 2.05) is 11.8 Å². The molecule has 0 fully saturated rings. The third-order valence-electron chi connectivity index (χ3n) is 2.51. The maximum absolute atomic E-state index is 12.0. The molecular formula is C13H25NO3S. The summed E-state index contributed by atoms with van der Waals surface area (Å²) in [7, 11) is 1.38. The third kappa shape index (κ3) is 7.58. The predicted molar refractivity (Wildman–Crippen MR) is 75.7 cm³/mol. The van der Waals surface area contributed by atoms with E-state index in [4.69, 9.17) is 0 Å². The standard InChI is InChI=1S/C13H25NO3S/c1-5-7-14(8-6-2)12(15)10-18-11(3)9-13(16)17-4/h11H,5-10H2,1-4H3. The lowest BCUT2D eigenvalue weighted by Crippen LogP contribution is -2.34. The van der Waals surface area contributed by atoms with Crippen molar-refractivity contribution in [3.8, 4) is 0 Å². The van der Waals surface area contributed by atoms with E-state index in [2.05, 4.69) is 18.6 Å². The molecule has 1 amide bonds. The number of amides is 1. The average Bonchev–Trinajstić information content (AvgIpc) is 2.35. The molecule has 0 saturated carbocycles. The van der Waals surface area contributed by atoms with Crippen LogP contribution >= 0.6 is 11.8 Å². The molecule has 4 nitrogen and oxygen atoms in total. The Bertz CT molecular complexity index is 253. The number of esters is 1. The lowest BCUT2D eigenvalue weighted by Gasteiger charge is -2.22. The summed E-state index contributed by atoms with van der Waals surface area (Å²) in [6.45, 7) is 7.72. The highest BCUT2D eigenvalue weighted by molar-refractivity contribution is 8.00. The van der Waals surface area contributed by atoms with E-state index in [1.54, 1.807) is 0 Å². The van der Waals surface area contributed by atoms with Crippen molar-refractivity contribution in [3.05, 3.63) is 0 Å². The van der Waals surface area contributed by atoms with Gasteiger partial charge in [-0.3, -0.25) is 9.59 Å². The van der Waals surface area contributed by atoms with Crippen LogP contribution in [0.15, 0.2) is 0 Å². The van der Waals surface area contributed by atoms with Crippen molar-refractivity contribution in [2.45, 2.75) is 45.3 Å². The zero-order valence-electron chi connectivity index (χ0n) is 11.9. The minimum Gasteiger partial charge on any atom is -0.469 e. The van der Waals surface area contributed by atoms with Crippen molar-refractivity contribution in [1.82, 2.24) is 4.90 Å². The van der Waals surface area contributed by atoms with Gasteiger partial charge in [-0.25, -0.2) is 0 Å². The highest BCUT2D eigenvalue weighted by Crippen LogP contribution is 2.15. The van der Waals surface area contributed by atoms with E-state index in [0.29, 0.717) is 12.2 Å². The fourth-order valence-corrected chi connectivity index (χ4v) is 2.45. The molecule has 0 aromatic heterocycles. The summed E-state index contributed by atoms with van der Waals surface area (Å²) in [6.07, 6.45) is 2.32. The lowest BCUT2D eigenvalue weighted by atomic mass is 10.3. The SMILES string of the molecule is CCCN(CCC)C(=O)CSC(C)CC(=O)OC. The molecule has 0 radical (unpaired) electrons. The van der Waals surface area contributed by atoms with E-state index in [9.17, 15) is 9.59 Å². The predicted octanol–water partition coefficient (Wildman–Crippen LogP) is 2.32. The van der Waals surface area contributed by atoms with Crippen LogP contribution in [0.25, 0.3) is 0 Å². The Labute approximate surface area is 114 Å². The average molecular weight is 275 g/mol. The van der Waals surface area contributed by atoms with Gasteiger partial charge in [0, 0.05) is 18.3 Å². The van der Waals surface area contributed by atoms with Gasteiger partial charge in [-0.05, 0) is 12.8 Å². The first kappa shape index (κ1) is 17.3. The molecule has 5 heteroatoms. The van der Waals surface area contributed by atoms with Gasteiger partial charge in [0.15, 0.2) is 0 Å². The van der Waals surface area contributed by atoms with E-state index in [1.165, 1.54) is 18.9 Å². The molecule has 0 bridgehead atoms. The van der Waals surface area contributed by atoms with Gasteiger partial charge in [0.25, 0.3) is 0 Å². The molecule has 0 saturated heterocycles. The fraction of sp³-hybridized carbons (Fsp3) is 0.846. The molecule has 0 aliphatic rings. The van der Waals surface area contributed by atoms with Crippen LogP contribution in [0, 0.1) is 0 Å². The van der Waals surface area contributed by atoms with Gasteiger partial charge < -0.3 is 9.64 Å². The number of carbonyl (C=O) groups is 2. The Morgan fingerprint density at radius 1 is 1.22 bits per heavy atom. The Hall–Kier alpha value is -0.710. The normalized spacial score (nSPS) is 12.0. The summed E-state index contributed by atoms with van der Waals surface area (Å²) in [5.74, 6) is 0.389. The van der Waals surface area contributed by atoms with Crippen molar-refractivity contribution in [1.29, 1.82) is 0 Å². The van der Waals surface area contributed by atoms with Crippen molar-refractivity contribution in [2.24, 2.45) is 0 Å². The van der Waals surface area contributed by atoms with Gasteiger partial charge in [0.05, 0.1) is 19.3 Å². The summed E-state index contributed by atoms with van der Waals surface area (Å²) in [4.78, 5) is 24.9. The van der Waals surface area contributed by atoms with Crippen LogP contribution in [0.1, 0.15) is 40.0 Å². The zero-order chi connectivity index (χ0) is 14.0. The summed E-state index contributed by atoms with van der Waals surface area (Å²) < 4.78 is 4.60. The topological polar surface area (TPSA) is 46.6 Å². The second-order valence-corrected chi connectivity index (χ2v) is 5.71. The minimum absolute atomic E-state index is 0.117. The number of rotatable bonds is 9. The molecule has 0 rings (SSSR count). The Kier molecular flexibility index (Phi) is 9.83. The van der Waals surface area contributed by atoms with Gasteiger partial charge in [-0.15, -0.1) is 11.8 Å². The number of methoxy groups -OCH3 is 1. The van der Waals surface area contributed by atoms with E-state index in [-0.39, 0.29) is 17.1 Å². The number of thioether (sulfide) groups is 1. The molecule has 1 atom stereocenters. The van der Waals surface area contributed by atoms with Gasteiger partial charge in [0.2, 0.25) is 5.91 Å². The van der Waals surface area contributed by atoms with Crippen LogP contribution in [0.5, 0.6) is 0 Å². The highest BCUT2D eigenvalue weighted by atomic mass is 32.2. The largest absolute Gasteiger partial charge is 0.469 e. The smallest absolute Gasteiger partial charge is 0.306 e. The molecule has 18 heavy (non-hydrogen) atoms. The first-order valence-electron chi connectivity index (χ1n) is 6.51. The van der Waals surface area contributed by atoms with Crippen molar-refractivity contribution >= 4 is 23.6 Å². The molecule has 0 spiro atoms. The highest BCUT2D eigenvalue weighted by Gasteiger charge is 2.15. The molecule has 0 N–H and O–H groups in total. The maximum Gasteiger partial charge on any atom is 0.306 e. The van der Waals surface area contributed by atoms with Crippen LogP contribution < -0.4 is 0 Å². The monoisotopic (exact) mass is 275 g/mol. The second-order valence-electron chi connectivity index (χ2n) is 4.28. The first-order valence-corrected chi connectivity index (χ1v) is 7.56. The Morgan fingerprint density at radius 2 is 1.78 bits per heavy atom. The van der Waals surface area contributed by atoms with Gasteiger partial charge in [-0.2, -0.15) is 0 Å². The zero-order valence-corrected chi connectivity index (χ0v) is 12.7. The summed E-state index contributed by atoms with van der Waals surface area (Å²) in [5, 5.41) is 0.117. The molecule has 1 unspecified atom stereocenters. The second kappa shape index (κ2) is 10.2. The van der Waals surface area contributed by atoms with E-state index >= 15 is 0 Å². The molecule has 106 valence electrons. The van der Waals surface area contributed by atoms with Crippen LogP contribution in [0.4, 0.5) is 0 Å². The summed E-state index contributed by atoms with van der Waals surface area (Å²) >= 11 is 1.52. The Balaban J connectivity index is 4.01. The molecule has 0 aromatic carbocycles. The molecule has 0 aliphatic carbocycles. The quantitative estimate of drug-likeness (QED) is 0.606. The van der Waals surface area contributed by atoms with E-state index < -0.39 is 0 Å². The van der Waals surface area contributed by atoms with Crippen LogP contribution in [-0.2, 0) is 14.3 Å².